The van der Waals surface area contributed by atoms with E-state index in [-0.39, 0.29) is 11.4 Å². The van der Waals surface area contributed by atoms with Crippen molar-refractivity contribution >= 4 is 28.6 Å². The molecule has 10 nitrogen and oxygen atoms in total. The first-order chi connectivity index (χ1) is 15.8. The van der Waals surface area contributed by atoms with Crippen LogP contribution in [-0.4, -0.2) is 85.2 Å². The zero-order valence-corrected chi connectivity index (χ0v) is 19.3. The van der Waals surface area contributed by atoms with E-state index in [0.717, 1.165) is 0 Å². The van der Waals surface area contributed by atoms with Crippen molar-refractivity contribution in [3.8, 4) is 17.0 Å². The third kappa shape index (κ3) is 5.65. The lowest BCUT2D eigenvalue weighted by Gasteiger charge is -2.23. The Morgan fingerprint density at radius 2 is 1.70 bits per heavy atom. The highest BCUT2D eigenvalue weighted by Gasteiger charge is 2.21. The van der Waals surface area contributed by atoms with Crippen molar-refractivity contribution in [1.82, 2.24) is 15.0 Å². The summed E-state index contributed by atoms with van der Waals surface area (Å²) in [5.41, 5.74) is 2.54. The molecule has 0 saturated carbocycles. The Morgan fingerprint density at radius 3 is 2.33 bits per heavy atom. The molecule has 33 heavy (non-hydrogen) atoms. The number of phenols is 1. The molecule has 0 amide bonds. The summed E-state index contributed by atoms with van der Waals surface area (Å²) in [4.78, 5) is 29.5. The summed E-state index contributed by atoms with van der Waals surface area (Å²) in [6.45, 7) is 4.62. The smallest absolute Gasteiger partial charge is 0.354 e. The second-order valence-electron chi connectivity index (χ2n) is 7.48. The molecule has 0 unspecified atom stereocenters. The van der Waals surface area contributed by atoms with Crippen molar-refractivity contribution < 1.29 is 24.5 Å². The number of rotatable bonds is 11. The Labute approximate surface area is 192 Å². The van der Waals surface area contributed by atoms with Gasteiger partial charge in [0, 0.05) is 46.5 Å². The molecule has 0 fully saturated rings. The van der Waals surface area contributed by atoms with Gasteiger partial charge in [0.05, 0.1) is 18.9 Å². The zero-order valence-electron chi connectivity index (χ0n) is 19.3. The largest absolute Gasteiger partial charge is 0.508 e. The minimum absolute atomic E-state index is 0.108. The summed E-state index contributed by atoms with van der Waals surface area (Å²) in [5, 5.41) is 19.4. The summed E-state index contributed by atoms with van der Waals surface area (Å²) in [6, 6.07) is 8.04. The lowest BCUT2D eigenvalue weighted by molar-refractivity contribution is 0.0691. The van der Waals surface area contributed by atoms with Gasteiger partial charge in [-0.1, -0.05) is 0 Å². The van der Waals surface area contributed by atoms with Crippen molar-refractivity contribution in [3.05, 3.63) is 36.0 Å². The number of ether oxygens (including phenoxy) is 2. The number of methoxy groups -OCH3 is 1. The molecule has 176 valence electrons. The zero-order chi connectivity index (χ0) is 24.0. The maximum atomic E-state index is 11.8. The number of hydrogen-bond acceptors (Lipinski definition) is 9. The number of carboxylic acid groups (broad SMARTS) is 1. The van der Waals surface area contributed by atoms with Gasteiger partial charge in [0.15, 0.2) is 5.69 Å². The number of nitrogens with zero attached hydrogens (tertiary/aromatic N) is 5. The van der Waals surface area contributed by atoms with E-state index in [4.69, 9.17) is 19.4 Å². The monoisotopic (exact) mass is 455 g/mol. The van der Waals surface area contributed by atoms with Crippen molar-refractivity contribution in [2.45, 2.75) is 6.92 Å². The number of phenolic OH excluding ortho intramolecular Hbond substituents is 1. The first kappa shape index (κ1) is 24.1. The molecule has 10 heteroatoms. The highest BCUT2D eigenvalue weighted by atomic mass is 16.5. The highest BCUT2D eigenvalue weighted by molar-refractivity contribution is 6.01. The van der Waals surface area contributed by atoms with Crippen molar-refractivity contribution in [3.63, 3.8) is 0 Å². The number of fused-ring (bicyclic) bond motifs is 1. The molecule has 2 heterocycles. The van der Waals surface area contributed by atoms with Crippen LogP contribution in [0.5, 0.6) is 5.75 Å². The lowest BCUT2D eigenvalue weighted by atomic mass is 10.1. The molecule has 2 aromatic heterocycles. The fraction of sp³-hybridized carbons (Fsp3) is 0.391. The minimum Gasteiger partial charge on any atom is -0.508 e. The maximum absolute atomic E-state index is 11.8. The number of benzene rings is 1. The van der Waals surface area contributed by atoms with Crippen molar-refractivity contribution in [2.24, 2.45) is 0 Å². The fourth-order valence-corrected chi connectivity index (χ4v) is 3.26. The SMILES string of the molecule is CCOCCN(C)c1nc(-c2ccc(O)cc2)c2nc(C(=O)O)cc(N(C)CCOC)c2n1. The molecule has 0 aliphatic carbocycles. The summed E-state index contributed by atoms with van der Waals surface area (Å²) >= 11 is 0. The molecule has 0 bridgehead atoms. The van der Waals surface area contributed by atoms with Crippen LogP contribution in [0.2, 0.25) is 0 Å². The van der Waals surface area contributed by atoms with E-state index in [0.29, 0.717) is 66.8 Å². The third-order valence-electron chi connectivity index (χ3n) is 5.14. The van der Waals surface area contributed by atoms with Crippen LogP contribution in [0.15, 0.2) is 30.3 Å². The average Bonchev–Trinajstić information content (AvgIpc) is 2.81. The molecule has 3 rings (SSSR count). The van der Waals surface area contributed by atoms with E-state index in [1.54, 1.807) is 31.4 Å². The Hall–Kier alpha value is -3.50. The van der Waals surface area contributed by atoms with Gasteiger partial charge in [-0.2, -0.15) is 0 Å². The molecule has 0 radical (unpaired) electrons. The van der Waals surface area contributed by atoms with Gasteiger partial charge in [0.2, 0.25) is 5.95 Å². The quantitative estimate of drug-likeness (QED) is 0.417. The van der Waals surface area contributed by atoms with Crippen molar-refractivity contribution in [1.29, 1.82) is 0 Å². The van der Waals surface area contributed by atoms with Crippen LogP contribution in [0, 0.1) is 0 Å². The maximum Gasteiger partial charge on any atom is 0.354 e. The van der Waals surface area contributed by atoms with E-state index in [9.17, 15) is 15.0 Å². The van der Waals surface area contributed by atoms with E-state index < -0.39 is 5.97 Å². The Kier molecular flexibility index (Phi) is 7.96. The van der Waals surface area contributed by atoms with Gasteiger partial charge in [0.25, 0.3) is 0 Å². The van der Waals surface area contributed by atoms with Crippen LogP contribution in [-0.2, 0) is 9.47 Å². The second-order valence-corrected chi connectivity index (χ2v) is 7.48. The summed E-state index contributed by atoms with van der Waals surface area (Å²) in [5.74, 6) is -0.574. The van der Waals surface area contributed by atoms with Crippen LogP contribution in [0.4, 0.5) is 11.6 Å². The third-order valence-corrected chi connectivity index (χ3v) is 5.14. The van der Waals surface area contributed by atoms with E-state index >= 15 is 0 Å². The first-order valence-corrected chi connectivity index (χ1v) is 10.6. The minimum atomic E-state index is -1.15. The average molecular weight is 456 g/mol. The Balaban J connectivity index is 2.26. The van der Waals surface area contributed by atoms with Gasteiger partial charge in [-0.05, 0) is 37.3 Å². The molecule has 0 spiro atoms. The fourth-order valence-electron chi connectivity index (χ4n) is 3.26. The number of anilines is 2. The van der Waals surface area contributed by atoms with Crippen LogP contribution < -0.4 is 9.80 Å². The van der Waals surface area contributed by atoms with Crippen LogP contribution in [0.1, 0.15) is 17.4 Å². The van der Waals surface area contributed by atoms with Crippen molar-refractivity contribution in [2.75, 3.05) is 63.9 Å². The number of aromatic carboxylic acids is 1. The normalized spacial score (nSPS) is 11.0. The number of pyridine rings is 1. The van der Waals surface area contributed by atoms with Gasteiger partial charge in [-0.25, -0.2) is 19.7 Å². The Morgan fingerprint density at radius 1 is 1.00 bits per heavy atom. The predicted octanol–water partition coefficient (Wildman–Crippen LogP) is 2.65. The lowest BCUT2D eigenvalue weighted by Crippen LogP contribution is -2.26. The van der Waals surface area contributed by atoms with Crippen LogP contribution >= 0.6 is 0 Å². The molecule has 3 aromatic rings. The number of aromatic nitrogens is 3. The summed E-state index contributed by atoms with van der Waals surface area (Å²) < 4.78 is 10.7. The number of carbonyl (C=O) groups is 1. The van der Waals surface area contributed by atoms with E-state index in [2.05, 4.69) is 4.98 Å². The topological polar surface area (TPSA) is 121 Å². The van der Waals surface area contributed by atoms with Gasteiger partial charge in [0.1, 0.15) is 22.5 Å². The molecule has 1 aromatic carbocycles. The highest BCUT2D eigenvalue weighted by Crippen LogP contribution is 2.33. The van der Waals surface area contributed by atoms with Gasteiger partial charge >= 0.3 is 5.97 Å². The van der Waals surface area contributed by atoms with Gasteiger partial charge in [-0.15, -0.1) is 0 Å². The van der Waals surface area contributed by atoms with E-state index in [1.165, 1.54) is 6.07 Å². The second kappa shape index (κ2) is 10.9. The number of hydrogen-bond donors (Lipinski definition) is 2. The van der Waals surface area contributed by atoms with Crippen LogP contribution in [0.3, 0.4) is 0 Å². The molecular formula is C23H29N5O5. The molecular weight excluding hydrogens is 426 g/mol. The van der Waals surface area contributed by atoms with Gasteiger partial charge in [-0.3, -0.25) is 0 Å². The number of likely N-dealkylation sites (N-methyl/N-ethyl adjacent to an activating group) is 2. The summed E-state index contributed by atoms with van der Waals surface area (Å²) in [7, 11) is 5.33. The molecule has 2 N–H and O–H groups in total. The molecule has 0 saturated heterocycles. The van der Waals surface area contributed by atoms with E-state index in [1.807, 2.05) is 30.8 Å². The Bertz CT molecular complexity index is 1110. The first-order valence-electron chi connectivity index (χ1n) is 10.6. The predicted molar refractivity (Wildman–Crippen MR) is 126 cm³/mol. The number of carboxylic acids is 1. The molecule has 0 atom stereocenters. The molecule has 0 aliphatic rings. The molecule has 0 aliphatic heterocycles. The van der Waals surface area contributed by atoms with Gasteiger partial charge < -0.3 is 29.5 Å². The van der Waals surface area contributed by atoms with Crippen LogP contribution in [0.25, 0.3) is 22.3 Å². The number of aromatic hydroxyl groups is 1. The standard InChI is InChI=1S/C23H29N5O5/c1-5-33-13-11-28(3)23-25-19(15-6-8-16(29)9-7-15)21-20(26-23)18(27(2)10-12-32-4)14-17(24-21)22(30)31/h6-9,14,29H,5,10-13H2,1-4H3,(H,30,31). The summed E-state index contributed by atoms with van der Waals surface area (Å²) in [6.07, 6.45) is 0.